The molecule has 1 fully saturated rings. The van der Waals surface area contributed by atoms with Gasteiger partial charge in [-0.3, -0.25) is 9.88 Å². The van der Waals surface area contributed by atoms with Crippen molar-refractivity contribution in [2.75, 3.05) is 32.1 Å². The normalized spacial score (nSPS) is 18.5. The lowest BCUT2D eigenvalue weighted by Gasteiger charge is -2.34. The molecule has 2 aromatic heterocycles. The minimum absolute atomic E-state index is 0.246. The summed E-state index contributed by atoms with van der Waals surface area (Å²) in [6.45, 7) is 4.70. The van der Waals surface area contributed by atoms with Crippen molar-refractivity contribution in [1.29, 1.82) is 0 Å². The van der Waals surface area contributed by atoms with Crippen molar-refractivity contribution in [1.82, 2.24) is 24.8 Å². The summed E-state index contributed by atoms with van der Waals surface area (Å²) in [7, 11) is 1.74. The second kappa shape index (κ2) is 8.12. The van der Waals surface area contributed by atoms with Gasteiger partial charge in [-0.1, -0.05) is 6.42 Å². The van der Waals surface area contributed by atoms with E-state index >= 15 is 0 Å². The van der Waals surface area contributed by atoms with Gasteiger partial charge in [0.1, 0.15) is 17.5 Å². The van der Waals surface area contributed by atoms with Crippen molar-refractivity contribution < 1.29 is 4.74 Å². The minimum Gasteiger partial charge on any atom is -0.383 e. The summed E-state index contributed by atoms with van der Waals surface area (Å²) in [5.74, 6) is 2.31. The molecule has 1 saturated heterocycles. The van der Waals surface area contributed by atoms with Crippen molar-refractivity contribution in [2.45, 2.75) is 32.2 Å². The second-order valence-electron chi connectivity index (χ2n) is 6.01. The molecule has 0 radical (unpaired) electrons. The third-order valence-corrected chi connectivity index (χ3v) is 4.19. The average Bonchev–Trinajstić information content (AvgIpc) is 2.60. The van der Waals surface area contributed by atoms with Crippen molar-refractivity contribution in [2.24, 2.45) is 0 Å². The number of hydrogen-bond acceptors (Lipinski definition) is 7. The molecule has 128 valence electrons. The predicted octanol–water partition coefficient (Wildman–Crippen LogP) is 2.49. The van der Waals surface area contributed by atoms with Gasteiger partial charge in [-0.25, -0.2) is 15.0 Å². The Kier molecular flexibility index (Phi) is 5.66. The molecule has 24 heavy (non-hydrogen) atoms. The van der Waals surface area contributed by atoms with Crippen LogP contribution in [0.25, 0.3) is 0 Å². The Morgan fingerprint density at radius 1 is 1.25 bits per heavy atom. The van der Waals surface area contributed by atoms with Gasteiger partial charge >= 0.3 is 0 Å². The first-order chi connectivity index (χ1) is 11.8. The molecule has 0 saturated carbocycles. The van der Waals surface area contributed by atoms with E-state index in [2.05, 4.69) is 25.2 Å². The van der Waals surface area contributed by atoms with Gasteiger partial charge in [-0.05, 0) is 26.3 Å². The molecule has 1 aliphatic heterocycles. The Morgan fingerprint density at radius 3 is 2.96 bits per heavy atom. The van der Waals surface area contributed by atoms with E-state index < -0.39 is 0 Å². The van der Waals surface area contributed by atoms with E-state index in [1.54, 1.807) is 25.7 Å². The van der Waals surface area contributed by atoms with Crippen molar-refractivity contribution >= 4 is 11.6 Å². The summed E-state index contributed by atoms with van der Waals surface area (Å²) in [5.41, 5.74) is 0.948. The van der Waals surface area contributed by atoms with Crippen LogP contribution in [0.15, 0.2) is 24.7 Å². The van der Waals surface area contributed by atoms with Gasteiger partial charge in [0.15, 0.2) is 0 Å². The number of likely N-dealkylation sites (tertiary alicyclic amines) is 1. The van der Waals surface area contributed by atoms with E-state index in [4.69, 9.17) is 9.72 Å². The van der Waals surface area contributed by atoms with E-state index in [-0.39, 0.29) is 6.04 Å². The molecule has 0 spiro atoms. The van der Waals surface area contributed by atoms with E-state index in [9.17, 15) is 0 Å². The fourth-order valence-electron chi connectivity index (χ4n) is 3.06. The first-order valence-corrected chi connectivity index (χ1v) is 8.38. The Bertz CT molecular complexity index is 651. The molecule has 3 rings (SSSR count). The topological polar surface area (TPSA) is 76.1 Å². The molecular formula is C17H24N6O. The van der Waals surface area contributed by atoms with E-state index in [1.165, 1.54) is 12.8 Å². The summed E-state index contributed by atoms with van der Waals surface area (Å²) in [5, 5.41) is 3.21. The molecule has 1 N–H and O–H groups in total. The molecule has 3 heterocycles. The molecular weight excluding hydrogens is 304 g/mol. The zero-order valence-corrected chi connectivity index (χ0v) is 14.3. The number of rotatable bonds is 6. The van der Waals surface area contributed by atoms with Crippen LogP contribution >= 0.6 is 0 Å². The predicted molar refractivity (Wildman–Crippen MR) is 92.1 cm³/mol. The largest absolute Gasteiger partial charge is 0.383 e. The number of methoxy groups -OCH3 is 1. The van der Waals surface area contributed by atoms with Gasteiger partial charge in [-0.2, -0.15) is 0 Å². The van der Waals surface area contributed by atoms with Crippen LogP contribution in [-0.2, 0) is 4.74 Å². The molecule has 1 atom stereocenters. The molecule has 1 unspecified atom stereocenters. The number of hydrogen-bond donors (Lipinski definition) is 1. The average molecular weight is 328 g/mol. The number of aromatic nitrogens is 4. The molecule has 7 nitrogen and oxygen atoms in total. The van der Waals surface area contributed by atoms with Crippen LogP contribution in [0.2, 0.25) is 0 Å². The molecule has 7 heteroatoms. The highest BCUT2D eigenvalue weighted by Crippen LogP contribution is 2.29. The van der Waals surface area contributed by atoms with Crippen LogP contribution in [0, 0.1) is 6.92 Å². The van der Waals surface area contributed by atoms with Crippen LogP contribution in [0.5, 0.6) is 0 Å². The van der Waals surface area contributed by atoms with Crippen LogP contribution in [0.1, 0.15) is 36.8 Å². The number of aryl methyl sites for hydroxylation is 1. The number of anilines is 2. The van der Waals surface area contributed by atoms with Crippen molar-refractivity contribution in [3.63, 3.8) is 0 Å². The molecule has 2 aromatic rings. The summed E-state index contributed by atoms with van der Waals surface area (Å²) in [4.78, 5) is 20.2. The van der Waals surface area contributed by atoms with E-state index in [0.29, 0.717) is 5.82 Å². The third kappa shape index (κ3) is 4.24. The monoisotopic (exact) mass is 328 g/mol. The smallest absolute Gasteiger partial charge is 0.150 e. The van der Waals surface area contributed by atoms with E-state index in [1.807, 2.05) is 13.0 Å². The Balaban J connectivity index is 1.81. The van der Waals surface area contributed by atoms with Gasteiger partial charge in [0, 0.05) is 37.8 Å². The van der Waals surface area contributed by atoms with Gasteiger partial charge in [0.2, 0.25) is 0 Å². The number of nitrogens with one attached hydrogen (secondary N) is 1. The van der Waals surface area contributed by atoms with E-state index in [0.717, 1.165) is 43.5 Å². The summed E-state index contributed by atoms with van der Waals surface area (Å²) < 4.78 is 5.25. The minimum atomic E-state index is 0.246. The standard InChI is InChI=1S/C17H24N6O/c1-13-11-15(21-16-12-18-6-7-19-16)22-17(20-13)14-5-3-4-8-23(14)9-10-24-2/h6-7,11-12,14H,3-5,8-10H2,1-2H3,(H,19,20,21,22). The van der Waals surface area contributed by atoms with Crippen LogP contribution in [-0.4, -0.2) is 51.6 Å². The molecule has 0 aromatic carbocycles. The second-order valence-corrected chi connectivity index (χ2v) is 6.01. The lowest BCUT2D eigenvalue weighted by atomic mass is 10.0. The summed E-state index contributed by atoms with van der Waals surface area (Å²) in [6.07, 6.45) is 8.50. The lowest BCUT2D eigenvalue weighted by molar-refractivity contribution is 0.0922. The third-order valence-electron chi connectivity index (χ3n) is 4.19. The highest BCUT2D eigenvalue weighted by molar-refractivity contribution is 5.50. The van der Waals surface area contributed by atoms with Crippen LogP contribution in [0.3, 0.4) is 0 Å². The van der Waals surface area contributed by atoms with Gasteiger partial charge in [0.25, 0.3) is 0 Å². The van der Waals surface area contributed by atoms with Gasteiger partial charge < -0.3 is 10.1 Å². The molecule has 0 bridgehead atoms. The molecule has 0 aliphatic carbocycles. The fraction of sp³-hybridized carbons (Fsp3) is 0.529. The molecule has 1 aliphatic rings. The Hall–Kier alpha value is -2.12. The van der Waals surface area contributed by atoms with Gasteiger partial charge in [0.05, 0.1) is 18.8 Å². The summed E-state index contributed by atoms with van der Waals surface area (Å²) >= 11 is 0. The van der Waals surface area contributed by atoms with Gasteiger partial charge in [-0.15, -0.1) is 0 Å². The zero-order chi connectivity index (χ0) is 16.8. The summed E-state index contributed by atoms with van der Waals surface area (Å²) in [6, 6.07) is 2.18. The highest BCUT2D eigenvalue weighted by atomic mass is 16.5. The quantitative estimate of drug-likeness (QED) is 0.873. The molecule has 0 amide bonds. The number of ether oxygens (including phenoxy) is 1. The van der Waals surface area contributed by atoms with Crippen LogP contribution < -0.4 is 5.32 Å². The Labute approximate surface area is 142 Å². The van der Waals surface area contributed by atoms with Crippen molar-refractivity contribution in [3.05, 3.63) is 36.2 Å². The maximum absolute atomic E-state index is 5.25. The fourth-order valence-corrected chi connectivity index (χ4v) is 3.06. The maximum atomic E-state index is 5.25. The first kappa shape index (κ1) is 16.7. The lowest BCUT2D eigenvalue weighted by Crippen LogP contribution is -2.36. The van der Waals surface area contributed by atoms with Crippen molar-refractivity contribution in [3.8, 4) is 0 Å². The first-order valence-electron chi connectivity index (χ1n) is 8.38. The zero-order valence-electron chi connectivity index (χ0n) is 14.3. The SMILES string of the molecule is COCCN1CCCCC1c1nc(C)cc(Nc2cnccn2)n1. The Morgan fingerprint density at radius 2 is 2.17 bits per heavy atom. The number of piperidine rings is 1. The highest BCUT2D eigenvalue weighted by Gasteiger charge is 2.26. The van der Waals surface area contributed by atoms with Crippen LogP contribution in [0.4, 0.5) is 11.6 Å². The number of nitrogens with zero attached hydrogens (tertiary/aromatic N) is 5. The maximum Gasteiger partial charge on any atom is 0.150 e.